The fourth-order valence-electron chi connectivity index (χ4n) is 4.80. The Hall–Kier alpha value is -1.40. The molecule has 0 unspecified atom stereocenters. The number of aromatic nitrogens is 2. The first kappa shape index (κ1) is 18.9. The van der Waals surface area contributed by atoms with E-state index in [0.29, 0.717) is 17.7 Å². The van der Waals surface area contributed by atoms with Crippen molar-refractivity contribution in [2.75, 3.05) is 39.5 Å². The molecular weight excluding hydrogens is 342 g/mol. The molecule has 3 aliphatic rings. The van der Waals surface area contributed by atoms with Crippen molar-refractivity contribution in [3.8, 4) is 0 Å². The van der Waals surface area contributed by atoms with Gasteiger partial charge in [0, 0.05) is 69.8 Å². The molecule has 0 aliphatic carbocycles. The van der Waals surface area contributed by atoms with Crippen molar-refractivity contribution in [1.82, 2.24) is 14.5 Å². The van der Waals surface area contributed by atoms with Crippen LogP contribution in [-0.2, 0) is 20.8 Å². The third kappa shape index (κ3) is 4.37. The van der Waals surface area contributed by atoms with Gasteiger partial charge in [0.1, 0.15) is 5.82 Å². The van der Waals surface area contributed by atoms with Crippen LogP contribution in [-0.4, -0.2) is 59.9 Å². The van der Waals surface area contributed by atoms with Crippen LogP contribution in [0, 0.1) is 18.8 Å². The number of nitrogens with zero attached hydrogens (tertiary/aromatic N) is 3. The van der Waals surface area contributed by atoms with Crippen molar-refractivity contribution in [2.24, 2.45) is 11.8 Å². The first-order valence-corrected chi connectivity index (χ1v) is 10.7. The maximum absolute atomic E-state index is 12.7. The third-order valence-electron chi connectivity index (χ3n) is 6.61. The summed E-state index contributed by atoms with van der Waals surface area (Å²) in [5, 5.41) is 0. The molecule has 150 valence electrons. The molecule has 0 saturated carbocycles. The summed E-state index contributed by atoms with van der Waals surface area (Å²) in [5.74, 6) is 2.96. The molecule has 0 bridgehead atoms. The van der Waals surface area contributed by atoms with E-state index in [4.69, 9.17) is 14.5 Å². The lowest BCUT2D eigenvalue weighted by atomic mass is 9.93. The second-order valence-electron chi connectivity index (χ2n) is 8.41. The van der Waals surface area contributed by atoms with Crippen LogP contribution >= 0.6 is 0 Å². The van der Waals surface area contributed by atoms with Gasteiger partial charge >= 0.3 is 0 Å². The number of ether oxygens (including phenoxy) is 2. The number of aryl methyl sites for hydroxylation is 1. The van der Waals surface area contributed by atoms with Gasteiger partial charge in [0.15, 0.2) is 0 Å². The number of hydrogen-bond donors (Lipinski definition) is 0. The fraction of sp³-hybridized carbons (Fsp3) is 0.810. The Morgan fingerprint density at radius 3 is 2.33 bits per heavy atom. The molecule has 0 radical (unpaired) electrons. The van der Waals surface area contributed by atoms with Crippen molar-refractivity contribution >= 4 is 5.91 Å². The second-order valence-corrected chi connectivity index (χ2v) is 8.41. The molecule has 1 aromatic heterocycles. The van der Waals surface area contributed by atoms with E-state index in [9.17, 15) is 4.79 Å². The van der Waals surface area contributed by atoms with Crippen LogP contribution in [0.3, 0.4) is 0 Å². The number of likely N-dealkylation sites (tertiary alicyclic amines) is 1. The minimum atomic E-state index is 0.186. The summed E-state index contributed by atoms with van der Waals surface area (Å²) in [6.45, 7) is 8.19. The summed E-state index contributed by atoms with van der Waals surface area (Å²) in [4.78, 5) is 19.6. The van der Waals surface area contributed by atoms with Crippen LogP contribution in [0.5, 0.6) is 0 Å². The molecule has 0 N–H and O–H groups in total. The van der Waals surface area contributed by atoms with Gasteiger partial charge in [-0.25, -0.2) is 4.98 Å². The molecule has 3 fully saturated rings. The Kier molecular flexibility index (Phi) is 6.13. The largest absolute Gasteiger partial charge is 0.381 e. The quantitative estimate of drug-likeness (QED) is 0.812. The van der Waals surface area contributed by atoms with Gasteiger partial charge in [-0.3, -0.25) is 4.79 Å². The molecule has 6 heteroatoms. The Balaban J connectivity index is 1.33. The van der Waals surface area contributed by atoms with Crippen LogP contribution in [0.2, 0.25) is 0 Å². The van der Waals surface area contributed by atoms with Gasteiger partial charge in [-0.1, -0.05) is 0 Å². The lowest BCUT2D eigenvalue weighted by Crippen LogP contribution is -2.43. The van der Waals surface area contributed by atoms with Gasteiger partial charge in [-0.2, -0.15) is 0 Å². The maximum atomic E-state index is 12.7. The first-order chi connectivity index (χ1) is 13.2. The van der Waals surface area contributed by atoms with E-state index in [0.717, 1.165) is 84.6 Å². The zero-order valence-electron chi connectivity index (χ0n) is 16.6. The molecule has 1 amide bonds. The highest BCUT2D eigenvalue weighted by Gasteiger charge is 2.30. The van der Waals surface area contributed by atoms with Crippen molar-refractivity contribution < 1.29 is 14.3 Å². The molecule has 0 atom stereocenters. The number of rotatable bonds is 4. The number of carbonyl (C=O) groups excluding carboxylic acids is 1. The molecular formula is C21H33N3O3. The van der Waals surface area contributed by atoms with Gasteiger partial charge < -0.3 is 18.9 Å². The molecule has 0 aromatic carbocycles. The highest BCUT2D eigenvalue weighted by atomic mass is 16.5. The average molecular weight is 376 g/mol. The van der Waals surface area contributed by atoms with Crippen LogP contribution in [0.25, 0.3) is 0 Å². The van der Waals surface area contributed by atoms with Crippen LogP contribution < -0.4 is 0 Å². The summed E-state index contributed by atoms with van der Waals surface area (Å²) < 4.78 is 13.4. The molecule has 4 heterocycles. The molecule has 6 nitrogen and oxygen atoms in total. The Morgan fingerprint density at radius 2 is 1.67 bits per heavy atom. The van der Waals surface area contributed by atoms with Crippen molar-refractivity contribution in [3.63, 3.8) is 0 Å². The van der Waals surface area contributed by atoms with Crippen molar-refractivity contribution in [1.29, 1.82) is 0 Å². The third-order valence-corrected chi connectivity index (χ3v) is 6.61. The summed E-state index contributed by atoms with van der Waals surface area (Å²) in [7, 11) is 0. The molecule has 27 heavy (non-hydrogen) atoms. The summed E-state index contributed by atoms with van der Waals surface area (Å²) in [6.07, 6.45) is 8.15. The average Bonchev–Trinajstić information content (AvgIpc) is 3.09. The van der Waals surface area contributed by atoms with Gasteiger partial charge in [0.25, 0.3) is 0 Å². The van der Waals surface area contributed by atoms with E-state index in [1.54, 1.807) is 0 Å². The van der Waals surface area contributed by atoms with Crippen molar-refractivity contribution in [3.05, 3.63) is 17.7 Å². The lowest BCUT2D eigenvalue weighted by molar-refractivity contribution is -0.140. The highest BCUT2D eigenvalue weighted by molar-refractivity contribution is 5.79. The first-order valence-electron chi connectivity index (χ1n) is 10.7. The minimum absolute atomic E-state index is 0.186. The van der Waals surface area contributed by atoms with E-state index in [2.05, 4.69) is 16.4 Å². The molecule has 3 aliphatic heterocycles. The molecule has 0 spiro atoms. The topological polar surface area (TPSA) is 56.6 Å². The maximum Gasteiger partial charge on any atom is 0.225 e. The number of imidazole rings is 1. The van der Waals surface area contributed by atoms with Crippen LogP contribution in [0.4, 0.5) is 0 Å². The van der Waals surface area contributed by atoms with E-state index in [-0.39, 0.29) is 5.92 Å². The number of carbonyl (C=O) groups is 1. The molecule has 4 rings (SSSR count). The van der Waals surface area contributed by atoms with Crippen molar-refractivity contribution in [2.45, 2.75) is 57.9 Å². The van der Waals surface area contributed by atoms with Gasteiger partial charge in [-0.05, 0) is 51.4 Å². The van der Waals surface area contributed by atoms with Gasteiger partial charge in [-0.15, -0.1) is 0 Å². The second kappa shape index (κ2) is 8.74. The standard InChI is InChI=1S/C21H33N3O3/c1-16-14-22-20(18-4-10-26-11-5-18)24(16)15-17-2-8-23(9-3-17)21(25)19-6-12-27-13-7-19/h14,17-19H,2-13,15H2,1H3. The monoisotopic (exact) mass is 375 g/mol. The van der Waals surface area contributed by atoms with Gasteiger partial charge in [0.05, 0.1) is 0 Å². The summed E-state index contributed by atoms with van der Waals surface area (Å²) >= 11 is 0. The Morgan fingerprint density at radius 1 is 1.04 bits per heavy atom. The molecule has 3 saturated heterocycles. The van der Waals surface area contributed by atoms with Gasteiger partial charge in [0.2, 0.25) is 5.91 Å². The van der Waals surface area contributed by atoms with E-state index < -0.39 is 0 Å². The predicted octanol–water partition coefficient (Wildman–Crippen LogP) is 2.75. The zero-order chi connectivity index (χ0) is 18.6. The smallest absolute Gasteiger partial charge is 0.225 e. The number of hydrogen-bond acceptors (Lipinski definition) is 4. The van der Waals surface area contributed by atoms with Crippen LogP contribution in [0.15, 0.2) is 6.20 Å². The normalized spacial score (nSPS) is 23.7. The van der Waals surface area contributed by atoms with E-state index in [1.807, 2.05) is 6.20 Å². The lowest BCUT2D eigenvalue weighted by Gasteiger charge is -2.35. The van der Waals surface area contributed by atoms with E-state index >= 15 is 0 Å². The highest BCUT2D eigenvalue weighted by Crippen LogP contribution is 2.29. The Labute approximate surface area is 162 Å². The minimum Gasteiger partial charge on any atom is -0.381 e. The van der Waals surface area contributed by atoms with Crippen LogP contribution in [0.1, 0.15) is 56.0 Å². The number of amides is 1. The Bertz CT molecular complexity index is 625. The summed E-state index contributed by atoms with van der Waals surface area (Å²) in [6, 6.07) is 0. The summed E-state index contributed by atoms with van der Waals surface area (Å²) in [5.41, 5.74) is 1.26. The number of piperidine rings is 1. The molecule has 1 aromatic rings. The van der Waals surface area contributed by atoms with E-state index in [1.165, 1.54) is 11.5 Å². The zero-order valence-corrected chi connectivity index (χ0v) is 16.6. The predicted molar refractivity (Wildman–Crippen MR) is 103 cm³/mol. The SMILES string of the molecule is Cc1cnc(C2CCOCC2)n1CC1CCN(C(=O)C2CCOCC2)CC1. The fourth-order valence-corrected chi connectivity index (χ4v) is 4.80.